The summed E-state index contributed by atoms with van der Waals surface area (Å²) in [5.41, 5.74) is 0.851. The SMILES string of the molecule is Cl.O=C(N1CCN(Cc2ccccc2)CC1)C(F)(F)C(F)(F)C(F)(F)C(F)(F)F. The first kappa shape index (κ1) is 25.3. The molecule has 13 heteroatoms. The van der Waals surface area contributed by atoms with Crippen LogP contribution in [0.25, 0.3) is 0 Å². The summed E-state index contributed by atoms with van der Waals surface area (Å²) in [6.45, 7) is -0.763. The lowest BCUT2D eigenvalue weighted by atomic mass is 10.0. The van der Waals surface area contributed by atoms with Gasteiger partial charge in [0.05, 0.1) is 0 Å². The predicted molar refractivity (Wildman–Crippen MR) is 86.4 cm³/mol. The number of halogens is 10. The molecule has 0 radical (unpaired) electrons. The molecule has 1 saturated heterocycles. The fourth-order valence-corrected chi connectivity index (χ4v) is 2.66. The second kappa shape index (κ2) is 8.58. The molecule has 2 rings (SSSR count). The number of carbonyl (C=O) groups excluding carboxylic acids is 1. The van der Waals surface area contributed by atoms with Gasteiger partial charge in [0, 0.05) is 32.7 Å². The van der Waals surface area contributed by atoms with E-state index in [4.69, 9.17) is 0 Å². The van der Waals surface area contributed by atoms with Crippen LogP contribution in [0.5, 0.6) is 0 Å². The third-order valence-electron chi connectivity index (χ3n) is 4.32. The second-order valence-corrected chi connectivity index (χ2v) is 6.27. The Morgan fingerprint density at radius 1 is 0.793 bits per heavy atom. The summed E-state index contributed by atoms with van der Waals surface area (Å²) in [6, 6.07) is 8.80. The number of nitrogens with zero attached hydrogens (tertiary/aromatic N) is 2. The lowest BCUT2D eigenvalue weighted by Gasteiger charge is -2.39. The van der Waals surface area contributed by atoms with Crippen molar-refractivity contribution in [2.45, 2.75) is 30.5 Å². The van der Waals surface area contributed by atoms with E-state index >= 15 is 0 Å². The first-order chi connectivity index (χ1) is 12.7. The van der Waals surface area contributed by atoms with Crippen LogP contribution in [0, 0.1) is 0 Å². The second-order valence-electron chi connectivity index (χ2n) is 6.27. The van der Waals surface area contributed by atoms with Crippen molar-refractivity contribution in [1.29, 1.82) is 0 Å². The summed E-state index contributed by atoms with van der Waals surface area (Å²) in [6.07, 6.45) is -6.95. The van der Waals surface area contributed by atoms with Gasteiger partial charge in [-0.1, -0.05) is 30.3 Å². The van der Waals surface area contributed by atoms with Gasteiger partial charge < -0.3 is 4.90 Å². The molecule has 0 aliphatic carbocycles. The maximum atomic E-state index is 13.7. The molecule has 1 amide bonds. The first-order valence-corrected chi connectivity index (χ1v) is 7.97. The molecule has 1 aliphatic heterocycles. The van der Waals surface area contributed by atoms with Crippen LogP contribution in [0.2, 0.25) is 0 Å². The average molecular weight is 459 g/mol. The van der Waals surface area contributed by atoms with E-state index in [1.165, 1.54) is 0 Å². The van der Waals surface area contributed by atoms with Gasteiger partial charge >= 0.3 is 23.9 Å². The summed E-state index contributed by atoms with van der Waals surface area (Å²) in [5, 5.41) is 0. The van der Waals surface area contributed by atoms with Crippen LogP contribution >= 0.6 is 12.4 Å². The minimum atomic E-state index is -7.08. The summed E-state index contributed by atoms with van der Waals surface area (Å²) in [4.78, 5) is 13.5. The Bertz CT molecular complexity index is 689. The van der Waals surface area contributed by atoms with E-state index in [0.29, 0.717) is 6.54 Å². The van der Waals surface area contributed by atoms with E-state index in [0.717, 1.165) is 5.56 Å². The molecule has 1 aromatic carbocycles. The highest BCUT2D eigenvalue weighted by Gasteiger charge is 2.84. The van der Waals surface area contributed by atoms with Crippen molar-refractivity contribution in [3.8, 4) is 0 Å². The Kier molecular flexibility index (Phi) is 7.50. The first-order valence-electron chi connectivity index (χ1n) is 7.97. The van der Waals surface area contributed by atoms with Gasteiger partial charge in [-0.15, -0.1) is 12.4 Å². The predicted octanol–water partition coefficient (Wildman–Crippen LogP) is 4.22. The van der Waals surface area contributed by atoms with Crippen molar-refractivity contribution in [2.24, 2.45) is 0 Å². The van der Waals surface area contributed by atoms with Crippen molar-refractivity contribution in [3.63, 3.8) is 0 Å². The highest BCUT2D eigenvalue weighted by Crippen LogP contribution is 2.53. The van der Waals surface area contributed by atoms with E-state index in [2.05, 4.69) is 0 Å². The van der Waals surface area contributed by atoms with Gasteiger partial charge in [-0.25, -0.2) is 0 Å². The zero-order valence-electron chi connectivity index (χ0n) is 14.5. The van der Waals surface area contributed by atoms with Gasteiger partial charge in [0.2, 0.25) is 0 Å². The van der Waals surface area contributed by atoms with Crippen molar-refractivity contribution < 1.29 is 44.3 Å². The molecule has 0 atom stereocenters. The number of hydrogen-bond donors (Lipinski definition) is 0. The van der Waals surface area contributed by atoms with Crippen LogP contribution in [-0.4, -0.2) is 65.8 Å². The minimum absolute atomic E-state index is 0. The van der Waals surface area contributed by atoms with Crippen molar-refractivity contribution in [1.82, 2.24) is 9.80 Å². The van der Waals surface area contributed by atoms with Gasteiger partial charge in [0.15, 0.2) is 0 Å². The van der Waals surface area contributed by atoms with E-state index in [9.17, 15) is 44.3 Å². The monoisotopic (exact) mass is 458 g/mol. The highest BCUT2D eigenvalue weighted by atomic mass is 35.5. The quantitative estimate of drug-likeness (QED) is 0.617. The van der Waals surface area contributed by atoms with Gasteiger partial charge in [-0.3, -0.25) is 9.69 Å². The van der Waals surface area contributed by atoms with E-state index in [1.807, 2.05) is 0 Å². The molecule has 0 unspecified atom stereocenters. The van der Waals surface area contributed by atoms with Crippen LogP contribution < -0.4 is 0 Å². The van der Waals surface area contributed by atoms with Crippen LogP contribution in [0.15, 0.2) is 30.3 Å². The Hall–Kier alpha value is -1.69. The van der Waals surface area contributed by atoms with Crippen LogP contribution in [-0.2, 0) is 11.3 Å². The number of amides is 1. The van der Waals surface area contributed by atoms with Crippen molar-refractivity contribution in [2.75, 3.05) is 26.2 Å². The largest absolute Gasteiger partial charge is 0.460 e. The number of hydrogen-bond acceptors (Lipinski definition) is 2. The topological polar surface area (TPSA) is 23.6 Å². The standard InChI is InChI=1S/C16H15F9N2O.ClH/c17-13(18,14(19,20)15(21,22)16(23,24)25)12(28)27-8-6-26(7-9-27)10-11-4-2-1-3-5-11;/h1-5H,6-10H2;1H. The third-order valence-corrected chi connectivity index (χ3v) is 4.32. The molecule has 1 aromatic rings. The Morgan fingerprint density at radius 2 is 1.28 bits per heavy atom. The smallest absolute Gasteiger partial charge is 0.335 e. The van der Waals surface area contributed by atoms with Gasteiger partial charge in [0.1, 0.15) is 0 Å². The highest BCUT2D eigenvalue weighted by molar-refractivity contribution is 5.85. The van der Waals surface area contributed by atoms with Gasteiger partial charge in [0.25, 0.3) is 5.91 Å². The van der Waals surface area contributed by atoms with E-state index in [-0.39, 0.29) is 30.4 Å². The van der Waals surface area contributed by atoms with Crippen molar-refractivity contribution in [3.05, 3.63) is 35.9 Å². The van der Waals surface area contributed by atoms with Gasteiger partial charge in [-0.05, 0) is 5.56 Å². The fraction of sp³-hybridized carbons (Fsp3) is 0.562. The molecule has 0 saturated carbocycles. The van der Waals surface area contributed by atoms with E-state index < -0.39 is 42.9 Å². The normalized spacial score (nSPS) is 17.1. The third kappa shape index (κ3) is 4.73. The Balaban J connectivity index is 0.00000420. The molecule has 29 heavy (non-hydrogen) atoms. The van der Waals surface area contributed by atoms with Crippen molar-refractivity contribution >= 4 is 18.3 Å². The maximum absolute atomic E-state index is 13.7. The molecule has 3 nitrogen and oxygen atoms in total. The molecule has 0 aromatic heterocycles. The summed E-state index contributed by atoms with van der Waals surface area (Å²) >= 11 is 0. The average Bonchev–Trinajstić information content (AvgIpc) is 2.61. The molecule has 1 aliphatic rings. The number of piperazine rings is 1. The molecule has 1 fully saturated rings. The molecule has 166 valence electrons. The molecule has 0 spiro atoms. The van der Waals surface area contributed by atoms with Crippen LogP contribution in [0.4, 0.5) is 39.5 Å². The summed E-state index contributed by atoms with van der Waals surface area (Å²) < 4.78 is 116. The summed E-state index contributed by atoms with van der Waals surface area (Å²) in [7, 11) is 0. The minimum Gasteiger partial charge on any atom is -0.335 e. The van der Waals surface area contributed by atoms with Crippen LogP contribution in [0.1, 0.15) is 5.56 Å². The zero-order chi connectivity index (χ0) is 21.4. The number of rotatable bonds is 5. The summed E-state index contributed by atoms with van der Waals surface area (Å²) in [5.74, 6) is -23.0. The lowest BCUT2D eigenvalue weighted by molar-refractivity contribution is -0.389. The number of benzene rings is 1. The van der Waals surface area contributed by atoms with Crippen LogP contribution in [0.3, 0.4) is 0 Å². The Morgan fingerprint density at radius 3 is 1.72 bits per heavy atom. The van der Waals surface area contributed by atoms with E-state index in [1.54, 1.807) is 35.2 Å². The number of alkyl halides is 9. The molecule has 1 heterocycles. The molecule has 0 N–H and O–H groups in total. The van der Waals surface area contributed by atoms with Gasteiger partial charge in [-0.2, -0.15) is 39.5 Å². The Labute approximate surface area is 165 Å². The zero-order valence-corrected chi connectivity index (χ0v) is 15.4. The molecular weight excluding hydrogens is 443 g/mol. The fourth-order valence-electron chi connectivity index (χ4n) is 2.66. The molecular formula is C16H16ClF9N2O. The number of carbonyl (C=O) groups is 1. The lowest BCUT2D eigenvalue weighted by Crippen LogP contribution is -2.66. The maximum Gasteiger partial charge on any atom is 0.460 e. The molecule has 0 bridgehead atoms.